The first-order valence-corrected chi connectivity index (χ1v) is 10.6. The first-order valence-electron chi connectivity index (χ1n) is 10.6. The molecule has 0 amide bonds. The van der Waals surface area contributed by atoms with Crippen molar-refractivity contribution >= 4 is 22.7 Å². The molecular formula is C27H26ClN3O3. The highest BCUT2D eigenvalue weighted by atomic mass is 35.5. The van der Waals surface area contributed by atoms with Crippen LogP contribution in [0, 0.1) is 10.1 Å². The monoisotopic (exact) mass is 475 g/mol. The highest BCUT2D eigenvalue weighted by molar-refractivity contribution is 6.03. The first kappa shape index (κ1) is 24.7. The van der Waals surface area contributed by atoms with Crippen LogP contribution in [-0.4, -0.2) is 43.4 Å². The molecule has 1 heterocycles. The van der Waals surface area contributed by atoms with Crippen molar-refractivity contribution in [2.45, 2.75) is 0 Å². The van der Waals surface area contributed by atoms with Crippen molar-refractivity contribution in [3.05, 3.63) is 112 Å². The summed E-state index contributed by atoms with van der Waals surface area (Å²) in [7, 11) is 8.07. The van der Waals surface area contributed by atoms with Crippen molar-refractivity contribution < 1.29 is 26.3 Å². The highest BCUT2D eigenvalue weighted by Crippen LogP contribution is 2.34. The number of halogens is 1. The Morgan fingerprint density at radius 2 is 1.47 bits per heavy atom. The Hall–Kier alpha value is -3.90. The summed E-state index contributed by atoms with van der Waals surface area (Å²) < 4.78 is 8.33. The van der Waals surface area contributed by atoms with Crippen LogP contribution in [0.1, 0.15) is 11.3 Å². The molecule has 0 atom stereocenters. The number of nitro groups is 1. The molecule has 0 radical (unpaired) electrons. The van der Waals surface area contributed by atoms with E-state index >= 15 is 0 Å². The van der Waals surface area contributed by atoms with Gasteiger partial charge in [0.1, 0.15) is 25.6 Å². The lowest BCUT2D eigenvalue weighted by Crippen LogP contribution is -3.00. The van der Waals surface area contributed by atoms with Gasteiger partial charge in [-0.3, -0.25) is 10.1 Å². The summed E-state index contributed by atoms with van der Waals surface area (Å²) in [5.41, 5.74) is 6.15. The second-order valence-electron chi connectivity index (χ2n) is 8.23. The fraction of sp³-hybridized carbons (Fsp3) is 0.148. The van der Waals surface area contributed by atoms with Crippen molar-refractivity contribution in [3.8, 4) is 11.3 Å². The Labute approximate surface area is 205 Å². The van der Waals surface area contributed by atoms with Gasteiger partial charge < -0.3 is 21.7 Å². The molecule has 1 aliphatic rings. The van der Waals surface area contributed by atoms with Crippen molar-refractivity contribution in [2.24, 2.45) is 0 Å². The minimum atomic E-state index is -0.405. The summed E-state index contributed by atoms with van der Waals surface area (Å²) in [5, 5.41) is 11.0. The molecule has 6 nitrogen and oxygen atoms in total. The van der Waals surface area contributed by atoms with Gasteiger partial charge in [-0.25, -0.2) is 4.58 Å². The maximum atomic E-state index is 11.0. The van der Waals surface area contributed by atoms with Gasteiger partial charge in [-0.1, -0.05) is 12.1 Å². The number of rotatable bonds is 5. The van der Waals surface area contributed by atoms with Crippen molar-refractivity contribution in [3.63, 3.8) is 0 Å². The number of hydrogen-bond acceptors (Lipinski definition) is 4. The third-order valence-corrected chi connectivity index (χ3v) is 5.56. The molecule has 0 N–H and O–H groups in total. The van der Waals surface area contributed by atoms with Crippen LogP contribution in [0.3, 0.4) is 0 Å². The van der Waals surface area contributed by atoms with Crippen LogP contribution >= 0.6 is 0 Å². The van der Waals surface area contributed by atoms with E-state index in [9.17, 15) is 10.1 Å². The average Bonchev–Trinajstić information content (AvgIpc) is 3.29. The Balaban J connectivity index is 0.00000324. The van der Waals surface area contributed by atoms with Crippen molar-refractivity contribution in [2.75, 3.05) is 33.1 Å². The van der Waals surface area contributed by atoms with E-state index in [-0.39, 0.29) is 18.1 Å². The maximum Gasteiger partial charge on any atom is 0.269 e. The predicted molar refractivity (Wildman–Crippen MR) is 133 cm³/mol. The van der Waals surface area contributed by atoms with E-state index in [4.69, 9.17) is 4.42 Å². The summed E-state index contributed by atoms with van der Waals surface area (Å²) in [6.07, 6.45) is 8.37. The van der Waals surface area contributed by atoms with Crippen LogP contribution in [0.5, 0.6) is 0 Å². The molecule has 0 fully saturated rings. The highest BCUT2D eigenvalue weighted by Gasteiger charge is 2.17. The molecule has 4 rings (SSSR count). The molecule has 0 unspecified atom stereocenters. The molecule has 1 aliphatic carbocycles. The zero-order valence-corrected chi connectivity index (χ0v) is 20.3. The summed E-state index contributed by atoms with van der Waals surface area (Å²) in [6, 6.07) is 18.6. The third kappa shape index (κ3) is 5.18. The molecular weight excluding hydrogens is 450 g/mol. The van der Waals surface area contributed by atoms with Gasteiger partial charge in [-0.05, 0) is 59.7 Å². The molecule has 7 heteroatoms. The van der Waals surface area contributed by atoms with Crippen molar-refractivity contribution in [1.29, 1.82) is 0 Å². The van der Waals surface area contributed by atoms with Gasteiger partial charge in [0.15, 0.2) is 5.71 Å². The summed E-state index contributed by atoms with van der Waals surface area (Å²) in [4.78, 5) is 12.6. The Morgan fingerprint density at radius 1 is 0.853 bits per heavy atom. The molecule has 0 saturated carbocycles. The first-order chi connectivity index (χ1) is 15.8. The molecule has 3 aromatic rings. The number of allylic oxidation sites excluding steroid dienone is 5. The number of anilines is 1. The van der Waals surface area contributed by atoms with Crippen LogP contribution in [0.2, 0.25) is 0 Å². The molecule has 0 spiro atoms. The summed E-state index contributed by atoms with van der Waals surface area (Å²) >= 11 is 0. The smallest absolute Gasteiger partial charge is 0.269 e. The largest absolute Gasteiger partial charge is 1.00 e. The van der Waals surface area contributed by atoms with Crippen molar-refractivity contribution in [1.82, 2.24) is 0 Å². The van der Waals surface area contributed by atoms with E-state index in [1.54, 1.807) is 12.1 Å². The molecule has 174 valence electrons. The third-order valence-electron chi connectivity index (χ3n) is 5.56. The minimum Gasteiger partial charge on any atom is -1.00 e. The van der Waals surface area contributed by atoms with E-state index in [2.05, 4.69) is 58.0 Å². The van der Waals surface area contributed by atoms with Crippen LogP contribution in [-0.2, 0) is 0 Å². The molecule has 0 aliphatic heterocycles. The van der Waals surface area contributed by atoms with E-state index in [1.165, 1.54) is 12.1 Å². The normalized spacial score (nSPS) is 12.4. The van der Waals surface area contributed by atoms with Crippen LogP contribution < -0.4 is 17.3 Å². The van der Waals surface area contributed by atoms with Gasteiger partial charge in [-0.2, -0.15) is 0 Å². The number of benzene rings is 2. The van der Waals surface area contributed by atoms with Gasteiger partial charge in [0.2, 0.25) is 0 Å². The van der Waals surface area contributed by atoms with Gasteiger partial charge in [-0.15, -0.1) is 0 Å². The SMILES string of the molecule is CN(C)c1ccc(C(=C2C=CC(=[N+](C)C)C=C2)c2ccc(-c3ccc([N+](=O)[O-])cc3)o2)cc1.[Cl-]. The van der Waals surface area contributed by atoms with Gasteiger partial charge in [0, 0.05) is 55.2 Å². The lowest BCUT2D eigenvalue weighted by Gasteiger charge is -2.15. The van der Waals surface area contributed by atoms with E-state index in [1.807, 2.05) is 40.3 Å². The second kappa shape index (κ2) is 10.4. The van der Waals surface area contributed by atoms with E-state index in [0.29, 0.717) is 5.76 Å². The Morgan fingerprint density at radius 3 is 2.00 bits per heavy atom. The van der Waals surface area contributed by atoms with Gasteiger partial charge >= 0.3 is 0 Å². The van der Waals surface area contributed by atoms with Crippen LogP contribution in [0.15, 0.2) is 95.0 Å². The lowest BCUT2D eigenvalue weighted by atomic mass is 9.94. The maximum absolute atomic E-state index is 11.0. The molecule has 1 aromatic heterocycles. The Kier molecular flexibility index (Phi) is 7.54. The quantitative estimate of drug-likeness (QED) is 0.323. The number of furan rings is 1. The average molecular weight is 476 g/mol. The standard InChI is InChI=1S/C27H26N3O3.ClH/c1-28(2)22-11-7-20(8-12-22)27(21-9-13-23(14-10-21)29(3)4)26-18-17-25(33-26)19-5-15-24(16-6-19)30(31)32;/h5-18H,1-4H3;1H/q+1;/p-1. The summed E-state index contributed by atoms with van der Waals surface area (Å²) in [5.74, 6) is 1.39. The van der Waals surface area contributed by atoms with Gasteiger partial charge in [0.25, 0.3) is 5.69 Å². The molecule has 0 bridgehead atoms. The lowest BCUT2D eigenvalue weighted by molar-refractivity contribution is -0.462. The predicted octanol–water partition coefficient (Wildman–Crippen LogP) is 2.57. The number of nitrogens with zero attached hydrogens (tertiary/aromatic N) is 3. The van der Waals surface area contributed by atoms with E-state index in [0.717, 1.165) is 39.4 Å². The minimum absolute atomic E-state index is 0. The fourth-order valence-electron chi connectivity index (χ4n) is 3.68. The van der Waals surface area contributed by atoms with Crippen LogP contribution in [0.4, 0.5) is 11.4 Å². The van der Waals surface area contributed by atoms with E-state index < -0.39 is 4.92 Å². The fourth-order valence-corrected chi connectivity index (χ4v) is 3.68. The zero-order chi connectivity index (χ0) is 23.5. The number of non-ortho nitro benzene ring substituents is 1. The molecule has 34 heavy (non-hydrogen) atoms. The Bertz CT molecular complexity index is 1290. The second-order valence-corrected chi connectivity index (χ2v) is 8.23. The van der Waals surface area contributed by atoms with Gasteiger partial charge in [0.05, 0.1) is 4.92 Å². The summed E-state index contributed by atoms with van der Waals surface area (Å²) in [6.45, 7) is 0. The molecule has 2 aromatic carbocycles. The topological polar surface area (TPSA) is 62.5 Å². The van der Waals surface area contributed by atoms with Crippen LogP contribution in [0.25, 0.3) is 16.9 Å². The molecule has 0 saturated heterocycles. The number of nitro benzene ring substituents is 1. The zero-order valence-electron chi connectivity index (χ0n) is 19.5. The number of hydrogen-bond donors (Lipinski definition) is 0.